The largest absolute Gasteiger partial charge is 0.374 e. The van der Waals surface area contributed by atoms with Crippen LogP contribution < -0.4 is 10.6 Å². The van der Waals surface area contributed by atoms with Crippen LogP contribution >= 0.6 is 0 Å². The number of hydrogen-bond acceptors (Lipinski definition) is 5. The third-order valence-corrected chi connectivity index (χ3v) is 6.43. The number of amides is 2. The van der Waals surface area contributed by atoms with Crippen LogP contribution in [0.4, 0.5) is 0 Å². The quantitative estimate of drug-likeness (QED) is 0.537. The van der Waals surface area contributed by atoms with Crippen LogP contribution in [0.1, 0.15) is 17.5 Å². The summed E-state index contributed by atoms with van der Waals surface area (Å²) < 4.78 is 7.54. The highest BCUT2D eigenvalue weighted by molar-refractivity contribution is 5.97. The number of aromatic nitrogens is 2. The zero-order valence-corrected chi connectivity index (χ0v) is 19.2. The Morgan fingerprint density at radius 2 is 1.82 bits per heavy atom. The lowest BCUT2D eigenvalue weighted by Crippen LogP contribution is -2.62. The number of carbonyl (C=O) groups is 2. The molecule has 0 saturated carbocycles. The maximum atomic E-state index is 13.0. The Morgan fingerprint density at radius 3 is 2.59 bits per heavy atom. The second-order valence-corrected chi connectivity index (χ2v) is 8.92. The predicted molar refractivity (Wildman–Crippen MR) is 127 cm³/mol. The lowest BCUT2D eigenvalue weighted by Gasteiger charge is -2.34. The summed E-state index contributed by atoms with van der Waals surface area (Å²) in [5.41, 5.74) is 4.12. The molecule has 3 aromatic rings. The van der Waals surface area contributed by atoms with Crippen molar-refractivity contribution in [3.8, 4) is 11.3 Å². The average Bonchev–Trinajstić information content (AvgIpc) is 3.46. The molecule has 1 aromatic heterocycles. The van der Waals surface area contributed by atoms with Crippen molar-refractivity contribution in [2.45, 2.75) is 37.7 Å². The number of piperazine rings is 1. The highest BCUT2D eigenvalue weighted by Gasteiger charge is 2.46. The minimum Gasteiger partial charge on any atom is -0.374 e. The Morgan fingerprint density at radius 1 is 1.09 bits per heavy atom. The van der Waals surface area contributed by atoms with Crippen LogP contribution in [0.2, 0.25) is 0 Å². The molecule has 2 saturated heterocycles. The molecular weight excluding hydrogens is 430 g/mol. The first-order valence-electron chi connectivity index (χ1n) is 11.6. The summed E-state index contributed by atoms with van der Waals surface area (Å²) in [5, 5.41) is 11.0. The molecule has 8 heteroatoms. The van der Waals surface area contributed by atoms with Crippen LogP contribution in [0.15, 0.2) is 66.9 Å². The summed E-state index contributed by atoms with van der Waals surface area (Å²) in [6.07, 6.45) is 2.60. The molecule has 2 aliphatic heterocycles. The first-order chi connectivity index (χ1) is 16.6. The van der Waals surface area contributed by atoms with Crippen molar-refractivity contribution < 1.29 is 14.3 Å². The molecule has 2 fully saturated rings. The minimum absolute atomic E-state index is 0.0347. The van der Waals surface area contributed by atoms with Crippen molar-refractivity contribution in [1.29, 1.82) is 0 Å². The lowest BCUT2D eigenvalue weighted by molar-refractivity contribution is -0.148. The molecule has 8 nitrogen and oxygen atoms in total. The van der Waals surface area contributed by atoms with E-state index in [4.69, 9.17) is 4.74 Å². The number of fused-ring (bicyclic) bond motifs is 1. The average molecular weight is 460 g/mol. The SMILES string of the molecule is Cn1cc(CN[C@H]2C[C@H]3C(=O)N[C@@H](COCc4ccccc4)C(=O)N3C2)c(-c2ccccc2)n1. The highest BCUT2D eigenvalue weighted by Crippen LogP contribution is 2.25. The Bertz CT molecular complexity index is 1150. The standard InChI is InChI=1S/C26H29N5O3/c1-30-14-20(24(29-30)19-10-6-3-7-11-19)13-27-21-12-23-25(32)28-22(26(33)31(23)15-21)17-34-16-18-8-4-2-5-9-18/h2-11,14,21-23,27H,12-13,15-17H2,1H3,(H,28,32)/t21-,22-,23-/m0/s1. The fourth-order valence-corrected chi connectivity index (χ4v) is 4.75. The van der Waals surface area contributed by atoms with Crippen molar-refractivity contribution in [1.82, 2.24) is 25.3 Å². The van der Waals surface area contributed by atoms with Gasteiger partial charge in [0.15, 0.2) is 0 Å². The van der Waals surface area contributed by atoms with Gasteiger partial charge in [-0.1, -0.05) is 60.7 Å². The number of aryl methyl sites for hydroxylation is 1. The van der Waals surface area contributed by atoms with E-state index >= 15 is 0 Å². The van der Waals surface area contributed by atoms with E-state index in [0.717, 1.165) is 22.4 Å². The Balaban J connectivity index is 1.18. The van der Waals surface area contributed by atoms with Crippen molar-refractivity contribution in [2.75, 3.05) is 13.2 Å². The van der Waals surface area contributed by atoms with E-state index in [0.29, 0.717) is 26.1 Å². The number of ether oxygens (including phenoxy) is 1. The second kappa shape index (κ2) is 9.79. The van der Waals surface area contributed by atoms with E-state index in [2.05, 4.69) is 15.7 Å². The molecule has 176 valence electrons. The number of nitrogens with one attached hydrogen (secondary N) is 2. The normalized spacial score (nSPS) is 22.0. The van der Waals surface area contributed by atoms with Crippen molar-refractivity contribution >= 4 is 11.8 Å². The number of benzene rings is 2. The fraction of sp³-hybridized carbons (Fsp3) is 0.346. The minimum atomic E-state index is -0.644. The maximum absolute atomic E-state index is 13.0. The van der Waals surface area contributed by atoms with Gasteiger partial charge in [0.1, 0.15) is 12.1 Å². The number of nitrogens with zero attached hydrogens (tertiary/aromatic N) is 3. The first kappa shape index (κ1) is 22.3. The molecule has 0 unspecified atom stereocenters. The number of rotatable bonds is 8. The Kier molecular flexibility index (Phi) is 6.42. The topological polar surface area (TPSA) is 88.5 Å². The maximum Gasteiger partial charge on any atom is 0.248 e. The molecule has 2 aromatic carbocycles. The van der Waals surface area contributed by atoms with E-state index in [1.807, 2.05) is 78.6 Å². The number of hydrogen-bond donors (Lipinski definition) is 2. The summed E-state index contributed by atoms with van der Waals surface area (Å²) in [7, 11) is 1.91. The smallest absolute Gasteiger partial charge is 0.248 e. The third kappa shape index (κ3) is 4.73. The van der Waals surface area contributed by atoms with Gasteiger partial charge in [-0.25, -0.2) is 0 Å². The molecule has 0 spiro atoms. The molecule has 2 N–H and O–H groups in total. The monoisotopic (exact) mass is 459 g/mol. The van der Waals surface area contributed by atoms with Gasteiger partial charge in [0.05, 0.1) is 18.9 Å². The zero-order valence-electron chi connectivity index (χ0n) is 19.2. The molecule has 5 rings (SSSR count). The van der Waals surface area contributed by atoms with Gasteiger partial charge in [-0.2, -0.15) is 5.10 Å². The van der Waals surface area contributed by atoms with Crippen molar-refractivity contribution in [3.05, 3.63) is 78.0 Å². The number of carbonyl (C=O) groups excluding carboxylic acids is 2. The van der Waals surface area contributed by atoms with E-state index < -0.39 is 12.1 Å². The van der Waals surface area contributed by atoms with Crippen LogP contribution in [0.5, 0.6) is 0 Å². The molecule has 0 radical (unpaired) electrons. The van der Waals surface area contributed by atoms with Gasteiger partial charge in [-0.15, -0.1) is 0 Å². The van der Waals surface area contributed by atoms with Crippen LogP contribution in [-0.4, -0.2) is 57.8 Å². The summed E-state index contributed by atoms with van der Waals surface area (Å²) in [4.78, 5) is 27.5. The van der Waals surface area contributed by atoms with Crippen LogP contribution in [0.25, 0.3) is 11.3 Å². The molecule has 0 bridgehead atoms. The summed E-state index contributed by atoms with van der Waals surface area (Å²) in [6, 6.07) is 18.8. The van der Waals surface area contributed by atoms with Crippen LogP contribution in [-0.2, 0) is 34.5 Å². The molecule has 3 heterocycles. The van der Waals surface area contributed by atoms with E-state index in [1.54, 1.807) is 4.90 Å². The Hall–Kier alpha value is -3.49. The first-order valence-corrected chi connectivity index (χ1v) is 11.6. The van der Waals surface area contributed by atoms with E-state index in [-0.39, 0.29) is 24.5 Å². The predicted octanol–water partition coefficient (Wildman–Crippen LogP) is 1.86. The summed E-state index contributed by atoms with van der Waals surface area (Å²) in [5.74, 6) is -0.183. The molecule has 2 aliphatic rings. The highest BCUT2D eigenvalue weighted by atomic mass is 16.5. The van der Waals surface area contributed by atoms with Gasteiger partial charge in [-0.3, -0.25) is 14.3 Å². The van der Waals surface area contributed by atoms with Gasteiger partial charge in [-0.05, 0) is 12.0 Å². The van der Waals surface area contributed by atoms with Crippen LogP contribution in [0.3, 0.4) is 0 Å². The second-order valence-electron chi connectivity index (χ2n) is 8.92. The van der Waals surface area contributed by atoms with Gasteiger partial charge in [0, 0.05) is 43.5 Å². The summed E-state index contributed by atoms with van der Waals surface area (Å²) in [6.45, 7) is 1.69. The Labute approximate surface area is 198 Å². The third-order valence-electron chi connectivity index (χ3n) is 6.43. The summed E-state index contributed by atoms with van der Waals surface area (Å²) >= 11 is 0. The van der Waals surface area contributed by atoms with E-state index in [1.165, 1.54) is 0 Å². The van der Waals surface area contributed by atoms with Gasteiger partial charge >= 0.3 is 0 Å². The van der Waals surface area contributed by atoms with Gasteiger partial charge in [0.2, 0.25) is 11.8 Å². The van der Waals surface area contributed by atoms with Crippen molar-refractivity contribution in [3.63, 3.8) is 0 Å². The molecule has 0 aliphatic carbocycles. The van der Waals surface area contributed by atoms with Gasteiger partial charge < -0.3 is 20.3 Å². The van der Waals surface area contributed by atoms with E-state index in [9.17, 15) is 9.59 Å². The van der Waals surface area contributed by atoms with Gasteiger partial charge in [0.25, 0.3) is 0 Å². The van der Waals surface area contributed by atoms with Crippen LogP contribution in [0, 0.1) is 0 Å². The molecule has 3 atom stereocenters. The molecular formula is C26H29N5O3. The van der Waals surface area contributed by atoms with Crippen molar-refractivity contribution in [2.24, 2.45) is 7.05 Å². The zero-order chi connectivity index (χ0) is 23.5. The fourth-order valence-electron chi connectivity index (χ4n) is 4.75. The lowest BCUT2D eigenvalue weighted by atomic mass is 10.1. The molecule has 34 heavy (non-hydrogen) atoms. The molecule has 2 amide bonds.